The van der Waals surface area contributed by atoms with E-state index in [2.05, 4.69) is 17.6 Å². The van der Waals surface area contributed by atoms with Gasteiger partial charge in [-0.25, -0.2) is 4.79 Å². The second kappa shape index (κ2) is 11.6. The van der Waals surface area contributed by atoms with Crippen LogP contribution in [-0.4, -0.2) is 31.6 Å². The highest BCUT2D eigenvalue weighted by atomic mass is 16.5. The maximum atomic E-state index is 12.1. The van der Waals surface area contributed by atoms with E-state index in [-0.39, 0.29) is 18.4 Å². The molecule has 0 bridgehead atoms. The van der Waals surface area contributed by atoms with Crippen LogP contribution in [0.3, 0.4) is 0 Å². The van der Waals surface area contributed by atoms with Crippen molar-refractivity contribution in [1.82, 2.24) is 0 Å². The smallest absolute Gasteiger partial charge is 0.338 e. The maximum Gasteiger partial charge on any atom is 0.338 e. The highest BCUT2D eigenvalue weighted by molar-refractivity contribution is 5.95. The molecule has 0 fully saturated rings. The molecule has 0 saturated carbocycles. The third-order valence-electron chi connectivity index (χ3n) is 3.92. The lowest BCUT2D eigenvalue weighted by molar-refractivity contribution is -0.114. The zero-order valence-corrected chi connectivity index (χ0v) is 16.5. The van der Waals surface area contributed by atoms with Crippen LogP contribution in [0.15, 0.2) is 48.5 Å². The van der Waals surface area contributed by atoms with Crippen molar-refractivity contribution in [1.29, 1.82) is 0 Å². The number of hydrogen-bond acceptors (Lipinski definition) is 5. The highest BCUT2D eigenvalue weighted by Crippen LogP contribution is 2.16. The van der Waals surface area contributed by atoms with E-state index in [1.54, 1.807) is 24.3 Å². The Hall–Kier alpha value is -3.02. The van der Waals surface area contributed by atoms with Gasteiger partial charge in [0.05, 0.1) is 25.3 Å². The van der Waals surface area contributed by atoms with E-state index in [1.807, 2.05) is 31.2 Å². The molecule has 0 aliphatic heterocycles. The van der Waals surface area contributed by atoms with Gasteiger partial charge >= 0.3 is 5.97 Å². The summed E-state index contributed by atoms with van der Waals surface area (Å²) in [5.41, 5.74) is 1.93. The number of amides is 1. The average Bonchev–Trinajstić information content (AvgIpc) is 2.72. The van der Waals surface area contributed by atoms with Crippen molar-refractivity contribution in [2.45, 2.75) is 33.1 Å². The number of nitrogens with one attached hydrogen (secondary N) is 2. The summed E-state index contributed by atoms with van der Waals surface area (Å²) in [4.78, 5) is 23.9. The molecule has 0 spiro atoms. The SMILES string of the molecule is CCCCOc1ccc(NCC(=O)Nc2ccc(C(=O)OCCC)cc2)cc1. The number of esters is 1. The number of carbonyl (C=O) groups is 2. The summed E-state index contributed by atoms with van der Waals surface area (Å²) in [6, 6.07) is 14.2. The number of hydrogen-bond donors (Lipinski definition) is 2. The van der Waals surface area contributed by atoms with Crippen molar-refractivity contribution in [3.63, 3.8) is 0 Å². The average molecular weight is 384 g/mol. The number of carbonyl (C=O) groups excluding carboxylic acids is 2. The Bertz CT molecular complexity index is 742. The maximum absolute atomic E-state index is 12.1. The van der Waals surface area contributed by atoms with Gasteiger partial charge < -0.3 is 20.1 Å². The van der Waals surface area contributed by atoms with Gasteiger partial charge in [0.1, 0.15) is 5.75 Å². The monoisotopic (exact) mass is 384 g/mol. The molecule has 2 N–H and O–H groups in total. The van der Waals surface area contributed by atoms with Gasteiger partial charge in [-0.3, -0.25) is 4.79 Å². The molecule has 0 aromatic heterocycles. The Labute approximate surface area is 166 Å². The molecule has 0 heterocycles. The summed E-state index contributed by atoms with van der Waals surface area (Å²) < 4.78 is 10.7. The normalized spacial score (nSPS) is 10.2. The van der Waals surface area contributed by atoms with E-state index in [1.165, 1.54) is 0 Å². The largest absolute Gasteiger partial charge is 0.494 e. The minimum atomic E-state index is -0.358. The fraction of sp³-hybridized carbons (Fsp3) is 0.364. The van der Waals surface area contributed by atoms with E-state index in [4.69, 9.17) is 9.47 Å². The van der Waals surface area contributed by atoms with Crippen molar-refractivity contribution >= 4 is 23.3 Å². The van der Waals surface area contributed by atoms with E-state index in [0.29, 0.717) is 24.5 Å². The number of ether oxygens (including phenoxy) is 2. The van der Waals surface area contributed by atoms with Crippen LogP contribution in [0.1, 0.15) is 43.5 Å². The second-order valence-electron chi connectivity index (χ2n) is 6.34. The van der Waals surface area contributed by atoms with Crippen LogP contribution in [0.2, 0.25) is 0 Å². The zero-order valence-electron chi connectivity index (χ0n) is 16.5. The lowest BCUT2D eigenvalue weighted by Crippen LogP contribution is -2.21. The molecule has 0 atom stereocenters. The molecule has 0 unspecified atom stereocenters. The van der Waals surface area contributed by atoms with Crippen LogP contribution in [0.4, 0.5) is 11.4 Å². The summed E-state index contributed by atoms with van der Waals surface area (Å²) in [5, 5.41) is 5.86. The lowest BCUT2D eigenvalue weighted by Gasteiger charge is -2.10. The Balaban J connectivity index is 1.76. The Morgan fingerprint density at radius 1 is 0.857 bits per heavy atom. The number of unbranched alkanes of at least 4 members (excludes halogenated alkanes) is 1. The molecule has 2 rings (SSSR count). The van der Waals surface area contributed by atoms with Crippen LogP contribution >= 0.6 is 0 Å². The molecule has 6 nitrogen and oxygen atoms in total. The minimum Gasteiger partial charge on any atom is -0.494 e. The number of anilines is 2. The van der Waals surface area contributed by atoms with Crippen LogP contribution in [0.5, 0.6) is 5.75 Å². The van der Waals surface area contributed by atoms with E-state index >= 15 is 0 Å². The molecular formula is C22H28N2O4. The van der Waals surface area contributed by atoms with E-state index in [0.717, 1.165) is 30.7 Å². The number of rotatable bonds is 11. The Kier molecular flexibility index (Phi) is 8.85. The molecule has 150 valence electrons. The molecule has 2 aromatic rings. The summed E-state index contributed by atoms with van der Waals surface area (Å²) in [6.07, 6.45) is 2.91. The first kappa shape index (κ1) is 21.3. The summed E-state index contributed by atoms with van der Waals surface area (Å²) in [6.45, 7) is 5.30. The third-order valence-corrected chi connectivity index (χ3v) is 3.92. The van der Waals surface area contributed by atoms with Crippen molar-refractivity contribution in [3.8, 4) is 5.75 Å². The van der Waals surface area contributed by atoms with Crippen molar-refractivity contribution < 1.29 is 19.1 Å². The molecule has 0 aliphatic rings. The quantitative estimate of drug-likeness (QED) is 0.441. The molecular weight excluding hydrogens is 356 g/mol. The molecule has 0 aliphatic carbocycles. The molecule has 6 heteroatoms. The summed E-state index contributed by atoms with van der Waals surface area (Å²) in [7, 11) is 0. The van der Waals surface area contributed by atoms with Gasteiger partial charge in [-0.2, -0.15) is 0 Å². The first-order valence-electron chi connectivity index (χ1n) is 9.66. The number of benzene rings is 2. The standard InChI is InChI=1S/C22H28N2O4/c1-3-5-15-27-20-12-10-18(11-13-20)23-16-21(25)24-19-8-6-17(7-9-19)22(26)28-14-4-2/h6-13,23H,3-5,14-16H2,1-2H3,(H,24,25). The van der Waals surface area contributed by atoms with Gasteiger partial charge in [-0.05, 0) is 61.4 Å². The molecule has 0 radical (unpaired) electrons. The molecule has 0 saturated heterocycles. The zero-order chi connectivity index (χ0) is 20.2. The lowest BCUT2D eigenvalue weighted by atomic mass is 10.2. The highest BCUT2D eigenvalue weighted by Gasteiger charge is 2.07. The van der Waals surface area contributed by atoms with Crippen molar-refractivity contribution in [2.75, 3.05) is 30.4 Å². The molecule has 2 aromatic carbocycles. The van der Waals surface area contributed by atoms with Gasteiger partial charge in [0.15, 0.2) is 0 Å². The fourth-order valence-corrected chi connectivity index (χ4v) is 2.36. The van der Waals surface area contributed by atoms with Gasteiger partial charge in [-0.1, -0.05) is 20.3 Å². The Morgan fingerprint density at radius 3 is 2.18 bits per heavy atom. The van der Waals surface area contributed by atoms with E-state index < -0.39 is 0 Å². The molecule has 1 amide bonds. The first-order chi connectivity index (χ1) is 13.6. The van der Waals surface area contributed by atoms with Crippen LogP contribution < -0.4 is 15.4 Å². The van der Waals surface area contributed by atoms with Gasteiger partial charge in [0, 0.05) is 11.4 Å². The predicted octanol–water partition coefficient (Wildman–Crippen LogP) is 4.48. The Morgan fingerprint density at radius 2 is 1.54 bits per heavy atom. The summed E-state index contributed by atoms with van der Waals surface area (Å²) in [5.74, 6) is 0.286. The van der Waals surface area contributed by atoms with Gasteiger partial charge in [-0.15, -0.1) is 0 Å². The minimum absolute atomic E-state index is 0.135. The summed E-state index contributed by atoms with van der Waals surface area (Å²) >= 11 is 0. The predicted molar refractivity (Wildman–Crippen MR) is 111 cm³/mol. The second-order valence-corrected chi connectivity index (χ2v) is 6.34. The topological polar surface area (TPSA) is 76.7 Å². The van der Waals surface area contributed by atoms with Crippen molar-refractivity contribution in [2.24, 2.45) is 0 Å². The van der Waals surface area contributed by atoms with Crippen LogP contribution in [0.25, 0.3) is 0 Å². The molecule has 28 heavy (non-hydrogen) atoms. The van der Waals surface area contributed by atoms with Gasteiger partial charge in [0.25, 0.3) is 0 Å². The van der Waals surface area contributed by atoms with Crippen molar-refractivity contribution in [3.05, 3.63) is 54.1 Å². The fourth-order valence-electron chi connectivity index (χ4n) is 2.36. The van der Waals surface area contributed by atoms with Crippen LogP contribution in [0, 0.1) is 0 Å². The first-order valence-corrected chi connectivity index (χ1v) is 9.66. The van der Waals surface area contributed by atoms with Gasteiger partial charge in [0.2, 0.25) is 5.91 Å². The third kappa shape index (κ3) is 7.31. The van der Waals surface area contributed by atoms with Crippen LogP contribution in [-0.2, 0) is 9.53 Å². The van der Waals surface area contributed by atoms with E-state index in [9.17, 15) is 9.59 Å².